The normalized spacial score (nSPS) is 23.3. The maximum absolute atomic E-state index is 4.18. The SMILES string of the molecule is C=C1CCCCCCCCCCCCC1. The van der Waals surface area contributed by atoms with E-state index < -0.39 is 0 Å². The van der Waals surface area contributed by atoms with Gasteiger partial charge in [-0.2, -0.15) is 0 Å². The molecule has 0 aromatic rings. The van der Waals surface area contributed by atoms with Crippen molar-refractivity contribution in [1.29, 1.82) is 0 Å². The Morgan fingerprint density at radius 1 is 0.467 bits per heavy atom. The molecule has 0 nitrogen and oxygen atoms in total. The third-order valence-corrected chi connectivity index (χ3v) is 3.56. The van der Waals surface area contributed by atoms with Crippen LogP contribution in [0.4, 0.5) is 0 Å². The Hall–Kier alpha value is -0.260. The number of allylic oxidation sites excluding steroid dienone is 1. The van der Waals surface area contributed by atoms with Crippen molar-refractivity contribution in [3.63, 3.8) is 0 Å². The summed E-state index contributed by atoms with van der Waals surface area (Å²) in [5, 5.41) is 0. The predicted octanol–water partition coefficient (Wildman–Crippen LogP) is 5.63. The van der Waals surface area contributed by atoms with Crippen LogP contribution in [-0.2, 0) is 0 Å². The van der Waals surface area contributed by atoms with Crippen LogP contribution in [0.15, 0.2) is 12.2 Å². The fourth-order valence-corrected chi connectivity index (χ4v) is 2.47. The lowest BCUT2D eigenvalue weighted by atomic mass is 9.99. The zero-order chi connectivity index (χ0) is 10.8. The maximum Gasteiger partial charge on any atom is -0.0323 e. The van der Waals surface area contributed by atoms with Crippen LogP contribution in [0.5, 0.6) is 0 Å². The molecule has 0 saturated heterocycles. The highest BCUT2D eigenvalue weighted by Crippen LogP contribution is 2.18. The molecular formula is C15H28. The first-order valence-electron chi connectivity index (χ1n) is 7.06. The molecule has 88 valence electrons. The molecule has 15 heavy (non-hydrogen) atoms. The lowest BCUT2D eigenvalue weighted by Crippen LogP contribution is -1.88. The summed E-state index contributed by atoms with van der Waals surface area (Å²) in [4.78, 5) is 0. The zero-order valence-electron chi connectivity index (χ0n) is 10.4. The topological polar surface area (TPSA) is 0 Å². The number of hydrogen-bond acceptors (Lipinski definition) is 0. The van der Waals surface area contributed by atoms with Crippen LogP contribution in [-0.4, -0.2) is 0 Å². The summed E-state index contributed by atoms with van der Waals surface area (Å²) in [7, 11) is 0. The molecule has 0 bridgehead atoms. The Balaban J connectivity index is 2.13. The highest BCUT2D eigenvalue weighted by molar-refractivity contribution is 4.93. The van der Waals surface area contributed by atoms with Crippen LogP contribution in [0.1, 0.15) is 83.5 Å². The Morgan fingerprint density at radius 3 is 1.07 bits per heavy atom. The van der Waals surface area contributed by atoms with Gasteiger partial charge in [-0.15, -0.1) is 0 Å². The Bertz CT molecular complexity index is 141. The molecule has 1 aliphatic carbocycles. The van der Waals surface area contributed by atoms with Crippen molar-refractivity contribution in [3.8, 4) is 0 Å². The molecule has 0 atom stereocenters. The average Bonchev–Trinajstić information content (AvgIpc) is 2.24. The second-order valence-electron chi connectivity index (χ2n) is 5.14. The second-order valence-corrected chi connectivity index (χ2v) is 5.14. The third kappa shape index (κ3) is 7.64. The largest absolute Gasteiger partial charge is 0.0999 e. The van der Waals surface area contributed by atoms with E-state index in [0.29, 0.717) is 0 Å². The Kier molecular flexibility index (Phi) is 7.69. The highest BCUT2D eigenvalue weighted by atomic mass is 14.0. The van der Waals surface area contributed by atoms with E-state index in [1.54, 1.807) is 0 Å². The van der Waals surface area contributed by atoms with E-state index in [0.717, 1.165) is 0 Å². The van der Waals surface area contributed by atoms with Gasteiger partial charge >= 0.3 is 0 Å². The molecule has 0 spiro atoms. The minimum atomic E-state index is 1.29. The van der Waals surface area contributed by atoms with Gasteiger partial charge in [-0.05, 0) is 25.7 Å². The van der Waals surface area contributed by atoms with Crippen molar-refractivity contribution < 1.29 is 0 Å². The van der Waals surface area contributed by atoms with Gasteiger partial charge in [-0.25, -0.2) is 0 Å². The summed E-state index contributed by atoms with van der Waals surface area (Å²) in [6.07, 6.45) is 18.5. The van der Waals surface area contributed by atoms with Crippen molar-refractivity contribution in [2.24, 2.45) is 0 Å². The van der Waals surface area contributed by atoms with E-state index in [2.05, 4.69) is 6.58 Å². The summed E-state index contributed by atoms with van der Waals surface area (Å²) in [5.41, 5.74) is 1.51. The fraction of sp³-hybridized carbons (Fsp3) is 0.867. The summed E-state index contributed by atoms with van der Waals surface area (Å²) in [6.45, 7) is 4.18. The quantitative estimate of drug-likeness (QED) is 0.453. The van der Waals surface area contributed by atoms with Gasteiger partial charge < -0.3 is 0 Å². The molecule has 1 aliphatic rings. The molecule has 0 radical (unpaired) electrons. The van der Waals surface area contributed by atoms with Gasteiger partial charge in [0.05, 0.1) is 0 Å². The highest BCUT2D eigenvalue weighted by Gasteiger charge is 1.98. The van der Waals surface area contributed by atoms with Gasteiger partial charge in [0.2, 0.25) is 0 Å². The van der Waals surface area contributed by atoms with Crippen LogP contribution in [0, 0.1) is 0 Å². The first-order valence-corrected chi connectivity index (χ1v) is 7.06. The number of rotatable bonds is 0. The standard InChI is InChI=1S/C15H28/c1-15-13-11-9-7-5-3-2-4-6-8-10-12-14-15/h1-14H2. The fourth-order valence-electron chi connectivity index (χ4n) is 2.47. The molecule has 0 heteroatoms. The monoisotopic (exact) mass is 208 g/mol. The Morgan fingerprint density at radius 2 is 0.733 bits per heavy atom. The lowest BCUT2D eigenvalue weighted by Gasteiger charge is -2.08. The first kappa shape index (κ1) is 12.8. The van der Waals surface area contributed by atoms with Crippen LogP contribution in [0.3, 0.4) is 0 Å². The molecule has 0 amide bonds. The molecule has 1 rings (SSSR count). The minimum Gasteiger partial charge on any atom is -0.0999 e. The van der Waals surface area contributed by atoms with Crippen LogP contribution in [0.2, 0.25) is 0 Å². The molecule has 1 fully saturated rings. The van der Waals surface area contributed by atoms with Gasteiger partial charge in [-0.1, -0.05) is 69.9 Å². The molecular weight excluding hydrogens is 180 g/mol. The van der Waals surface area contributed by atoms with Gasteiger partial charge in [-0.3, -0.25) is 0 Å². The van der Waals surface area contributed by atoms with Gasteiger partial charge in [0, 0.05) is 0 Å². The average molecular weight is 208 g/mol. The second kappa shape index (κ2) is 9.00. The summed E-state index contributed by atoms with van der Waals surface area (Å²) >= 11 is 0. The molecule has 0 N–H and O–H groups in total. The van der Waals surface area contributed by atoms with E-state index in [1.807, 2.05) is 0 Å². The van der Waals surface area contributed by atoms with E-state index in [-0.39, 0.29) is 0 Å². The van der Waals surface area contributed by atoms with Crippen LogP contribution in [0.25, 0.3) is 0 Å². The lowest BCUT2D eigenvalue weighted by molar-refractivity contribution is 0.533. The maximum atomic E-state index is 4.18. The van der Waals surface area contributed by atoms with Crippen molar-refractivity contribution in [2.45, 2.75) is 83.5 Å². The molecule has 0 unspecified atom stereocenters. The smallest absolute Gasteiger partial charge is 0.0323 e. The Labute approximate surface area is 96.2 Å². The summed E-state index contributed by atoms with van der Waals surface area (Å²) in [6, 6.07) is 0. The van der Waals surface area contributed by atoms with Crippen LogP contribution >= 0.6 is 0 Å². The van der Waals surface area contributed by atoms with E-state index in [9.17, 15) is 0 Å². The third-order valence-electron chi connectivity index (χ3n) is 3.56. The van der Waals surface area contributed by atoms with Crippen molar-refractivity contribution in [3.05, 3.63) is 12.2 Å². The first-order chi connectivity index (χ1) is 7.39. The number of hydrogen-bond donors (Lipinski definition) is 0. The van der Waals surface area contributed by atoms with E-state index >= 15 is 0 Å². The van der Waals surface area contributed by atoms with Crippen LogP contribution < -0.4 is 0 Å². The predicted molar refractivity (Wildman–Crippen MR) is 69.2 cm³/mol. The van der Waals surface area contributed by atoms with Crippen molar-refractivity contribution in [1.82, 2.24) is 0 Å². The van der Waals surface area contributed by atoms with Crippen molar-refractivity contribution >= 4 is 0 Å². The van der Waals surface area contributed by atoms with Gasteiger partial charge in [0.1, 0.15) is 0 Å². The summed E-state index contributed by atoms with van der Waals surface area (Å²) in [5.74, 6) is 0. The van der Waals surface area contributed by atoms with Gasteiger partial charge in [0.15, 0.2) is 0 Å². The molecule has 0 aliphatic heterocycles. The van der Waals surface area contributed by atoms with E-state index in [1.165, 1.54) is 89.0 Å². The van der Waals surface area contributed by atoms with Crippen molar-refractivity contribution in [2.75, 3.05) is 0 Å². The molecule has 1 saturated carbocycles. The zero-order valence-corrected chi connectivity index (χ0v) is 10.4. The van der Waals surface area contributed by atoms with Gasteiger partial charge in [0.25, 0.3) is 0 Å². The molecule has 0 heterocycles. The summed E-state index contributed by atoms with van der Waals surface area (Å²) < 4.78 is 0. The molecule has 0 aromatic carbocycles. The van der Waals surface area contributed by atoms with E-state index in [4.69, 9.17) is 0 Å². The molecule has 0 aromatic heterocycles. The minimum absolute atomic E-state index is 1.29.